The van der Waals surface area contributed by atoms with E-state index >= 15 is 0 Å². The van der Waals surface area contributed by atoms with Gasteiger partial charge < -0.3 is 5.11 Å². The first-order valence-electron chi connectivity index (χ1n) is 7.20. The average molecular weight is 302 g/mol. The second-order valence-corrected chi connectivity index (χ2v) is 5.30. The van der Waals surface area contributed by atoms with Gasteiger partial charge in [0.25, 0.3) is 0 Å². The van der Waals surface area contributed by atoms with Crippen molar-refractivity contribution in [1.29, 1.82) is 5.26 Å². The molecule has 0 radical (unpaired) electrons. The molecule has 3 rings (SSSR count). The summed E-state index contributed by atoms with van der Waals surface area (Å²) in [6, 6.07) is 16.3. The Morgan fingerprint density at radius 3 is 2.39 bits per heavy atom. The number of ketones is 1. The highest BCUT2D eigenvalue weighted by atomic mass is 16.3. The summed E-state index contributed by atoms with van der Waals surface area (Å²) in [5.74, 6) is -0.228. The van der Waals surface area contributed by atoms with E-state index in [0.717, 1.165) is 5.56 Å². The lowest BCUT2D eigenvalue weighted by atomic mass is 10.1. The molecule has 23 heavy (non-hydrogen) atoms. The standard InChI is InChI=1S/C19H14N2O2/c1-12(21-14-8-6-13(7-9-14)10-11-20)17-18(22)15-4-2-3-5-16(15)19(17)23/h2-9,22H,10H2,1H3. The number of carbonyl (C=O) groups excluding carboxylic acids is 1. The van der Waals surface area contributed by atoms with Gasteiger partial charge in [-0.1, -0.05) is 36.4 Å². The Morgan fingerprint density at radius 2 is 1.78 bits per heavy atom. The zero-order valence-electron chi connectivity index (χ0n) is 12.6. The van der Waals surface area contributed by atoms with Crippen LogP contribution in [-0.4, -0.2) is 16.6 Å². The van der Waals surface area contributed by atoms with Crippen LogP contribution in [0.4, 0.5) is 5.69 Å². The Hall–Kier alpha value is -3.19. The molecule has 0 saturated heterocycles. The number of benzene rings is 2. The van der Waals surface area contributed by atoms with Crippen molar-refractivity contribution in [2.24, 2.45) is 4.99 Å². The molecule has 1 aliphatic rings. The first kappa shape index (κ1) is 14.7. The van der Waals surface area contributed by atoms with Crippen molar-refractivity contribution >= 4 is 22.9 Å². The molecule has 0 aliphatic heterocycles. The third kappa shape index (κ3) is 2.65. The molecular formula is C19H14N2O2. The number of Topliss-reactive ketones (excluding diaryl/α,β-unsaturated/α-hetero) is 1. The van der Waals surface area contributed by atoms with Crippen molar-refractivity contribution in [3.05, 3.63) is 70.8 Å². The summed E-state index contributed by atoms with van der Waals surface area (Å²) in [5, 5.41) is 19.0. The van der Waals surface area contributed by atoms with Gasteiger partial charge in [-0.25, -0.2) is 0 Å². The van der Waals surface area contributed by atoms with Gasteiger partial charge in [-0.15, -0.1) is 0 Å². The molecule has 0 fully saturated rings. The maximum Gasteiger partial charge on any atom is 0.199 e. The van der Waals surface area contributed by atoms with Crippen LogP contribution in [0.25, 0.3) is 5.76 Å². The maximum atomic E-state index is 12.4. The minimum atomic E-state index is -0.208. The number of hydrogen-bond acceptors (Lipinski definition) is 4. The van der Waals surface area contributed by atoms with Crippen LogP contribution < -0.4 is 0 Å². The minimum absolute atomic E-state index is 0.0204. The molecule has 0 amide bonds. The molecule has 0 saturated carbocycles. The number of carbonyl (C=O) groups is 1. The van der Waals surface area contributed by atoms with E-state index in [0.29, 0.717) is 28.9 Å². The van der Waals surface area contributed by atoms with E-state index in [1.807, 2.05) is 12.1 Å². The summed E-state index contributed by atoms with van der Waals surface area (Å²) >= 11 is 0. The zero-order chi connectivity index (χ0) is 16.4. The van der Waals surface area contributed by atoms with E-state index in [-0.39, 0.29) is 17.1 Å². The number of aliphatic hydroxyl groups excluding tert-OH is 1. The molecule has 0 spiro atoms. The first-order chi connectivity index (χ1) is 11.1. The number of rotatable bonds is 3. The Morgan fingerprint density at radius 1 is 1.13 bits per heavy atom. The third-order valence-corrected chi connectivity index (χ3v) is 3.77. The molecule has 0 atom stereocenters. The summed E-state index contributed by atoms with van der Waals surface area (Å²) in [7, 11) is 0. The highest BCUT2D eigenvalue weighted by Gasteiger charge is 2.30. The van der Waals surface area contributed by atoms with Crippen LogP contribution in [0.2, 0.25) is 0 Å². The van der Waals surface area contributed by atoms with Crippen molar-refractivity contribution in [3.63, 3.8) is 0 Å². The van der Waals surface area contributed by atoms with Crippen molar-refractivity contribution < 1.29 is 9.90 Å². The van der Waals surface area contributed by atoms with E-state index in [1.54, 1.807) is 43.3 Å². The summed E-state index contributed by atoms with van der Waals surface area (Å²) in [4.78, 5) is 16.9. The molecule has 1 aliphatic carbocycles. The number of aliphatic imine (C=N–C) groups is 1. The summed E-state index contributed by atoms with van der Waals surface area (Å²) in [6.07, 6.45) is 0.350. The Bertz CT molecular complexity index is 884. The van der Waals surface area contributed by atoms with Crippen LogP contribution in [0.3, 0.4) is 0 Å². The molecule has 4 nitrogen and oxygen atoms in total. The van der Waals surface area contributed by atoms with Gasteiger partial charge in [-0.2, -0.15) is 5.26 Å². The highest BCUT2D eigenvalue weighted by Crippen LogP contribution is 2.32. The van der Waals surface area contributed by atoms with Crippen molar-refractivity contribution in [2.75, 3.05) is 0 Å². The van der Waals surface area contributed by atoms with Crippen molar-refractivity contribution in [2.45, 2.75) is 13.3 Å². The molecule has 1 N–H and O–H groups in total. The fourth-order valence-electron chi connectivity index (χ4n) is 2.63. The van der Waals surface area contributed by atoms with Gasteiger partial charge in [0.2, 0.25) is 0 Å². The average Bonchev–Trinajstić information content (AvgIpc) is 2.81. The van der Waals surface area contributed by atoms with Gasteiger partial charge >= 0.3 is 0 Å². The molecule has 0 heterocycles. The smallest absolute Gasteiger partial charge is 0.199 e. The maximum absolute atomic E-state index is 12.4. The normalized spacial score (nSPS) is 13.9. The fraction of sp³-hybridized carbons (Fsp3) is 0.105. The van der Waals surface area contributed by atoms with Crippen LogP contribution in [-0.2, 0) is 6.42 Å². The lowest BCUT2D eigenvalue weighted by Crippen LogP contribution is -2.07. The van der Waals surface area contributed by atoms with Gasteiger partial charge in [0.05, 0.1) is 29.5 Å². The van der Waals surface area contributed by atoms with E-state index in [9.17, 15) is 9.90 Å². The van der Waals surface area contributed by atoms with Gasteiger partial charge in [0, 0.05) is 11.1 Å². The van der Waals surface area contributed by atoms with Crippen LogP contribution in [0.5, 0.6) is 0 Å². The summed E-state index contributed by atoms with van der Waals surface area (Å²) in [5.41, 5.74) is 3.35. The summed E-state index contributed by atoms with van der Waals surface area (Å²) < 4.78 is 0. The molecule has 0 unspecified atom stereocenters. The zero-order valence-corrected chi connectivity index (χ0v) is 12.6. The third-order valence-electron chi connectivity index (χ3n) is 3.77. The van der Waals surface area contributed by atoms with Crippen LogP contribution in [0.15, 0.2) is 59.1 Å². The van der Waals surface area contributed by atoms with Gasteiger partial charge in [0.15, 0.2) is 5.78 Å². The van der Waals surface area contributed by atoms with Gasteiger partial charge in [0.1, 0.15) is 5.76 Å². The molecule has 4 heteroatoms. The number of allylic oxidation sites excluding steroid dienone is 1. The molecule has 2 aromatic carbocycles. The van der Waals surface area contributed by atoms with Gasteiger partial charge in [-0.3, -0.25) is 9.79 Å². The number of aliphatic hydroxyl groups is 1. The van der Waals surface area contributed by atoms with E-state index in [1.165, 1.54) is 0 Å². The minimum Gasteiger partial charge on any atom is -0.506 e. The first-order valence-corrected chi connectivity index (χ1v) is 7.20. The molecule has 0 bridgehead atoms. The number of hydrogen-bond donors (Lipinski definition) is 1. The molecular weight excluding hydrogens is 288 g/mol. The Kier molecular flexibility index (Phi) is 3.78. The Balaban J connectivity index is 1.95. The monoisotopic (exact) mass is 302 g/mol. The highest BCUT2D eigenvalue weighted by molar-refractivity contribution is 6.35. The second kappa shape index (κ2) is 5.90. The predicted molar refractivity (Wildman–Crippen MR) is 88.8 cm³/mol. The quantitative estimate of drug-likeness (QED) is 0.870. The van der Waals surface area contributed by atoms with Crippen LogP contribution >= 0.6 is 0 Å². The largest absolute Gasteiger partial charge is 0.506 e. The van der Waals surface area contributed by atoms with E-state index in [2.05, 4.69) is 11.1 Å². The molecule has 0 aromatic heterocycles. The van der Waals surface area contributed by atoms with Crippen molar-refractivity contribution in [1.82, 2.24) is 0 Å². The topological polar surface area (TPSA) is 73.4 Å². The van der Waals surface area contributed by atoms with Crippen LogP contribution in [0, 0.1) is 11.3 Å². The lowest BCUT2D eigenvalue weighted by Gasteiger charge is -2.03. The van der Waals surface area contributed by atoms with Crippen LogP contribution in [0.1, 0.15) is 28.4 Å². The second-order valence-electron chi connectivity index (χ2n) is 5.30. The van der Waals surface area contributed by atoms with E-state index in [4.69, 9.17) is 5.26 Å². The van der Waals surface area contributed by atoms with Crippen molar-refractivity contribution in [3.8, 4) is 6.07 Å². The molecule has 2 aromatic rings. The Labute approximate surface area is 134 Å². The van der Waals surface area contributed by atoms with Gasteiger partial charge in [-0.05, 0) is 24.6 Å². The fourth-order valence-corrected chi connectivity index (χ4v) is 2.63. The number of nitriles is 1. The molecule has 112 valence electrons. The summed E-state index contributed by atoms with van der Waals surface area (Å²) in [6.45, 7) is 1.71. The SMILES string of the molecule is CC(=Nc1ccc(CC#N)cc1)C1=C(O)c2ccccc2C1=O. The number of fused-ring (bicyclic) bond motifs is 1. The number of nitrogens with zero attached hydrogens (tertiary/aromatic N) is 2. The van der Waals surface area contributed by atoms with E-state index < -0.39 is 0 Å². The predicted octanol–water partition coefficient (Wildman–Crippen LogP) is 4.01. The lowest BCUT2D eigenvalue weighted by molar-refractivity contribution is 0.104.